The van der Waals surface area contributed by atoms with Gasteiger partial charge in [0.05, 0.1) is 5.56 Å². The summed E-state index contributed by atoms with van der Waals surface area (Å²) >= 11 is 7.59. The summed E-state index contributed by atoms with van der Waals surface area (Å²) in [6.07, 6.45) is 4.58. The smallest absolute Gasteiger partial charge is 0.256 e. The first kappa shape index (κ1) is 14.6. The number of thiophene rings is 1. The molecule has 0 saturated heterocycles. The molecule has 3 rings (SSSR count). The van der Waals surface area contributed by atoms with Crippen molar-refractivity contribution >= 4 is 34.5 Å². The Morgan fingerprint density at radius 1 is 1.38 bits per heavy atom. The Hall–Kier alpha value is -1.32. The lowest BCUT2D eigenvalue weighted by atomic mass is 9.86. The van der Waals surface area contributed by atoms with Crippen LogP contribution in [0.1, 0.15) is 40.6 Å². The second-order valence-electron chi connectivity index (χ2n) is 5.53. The fourth-order valence-corrected chi connectivity index (χ4v) is 4.17. The number of halogens is 1. The van der Waals surface area contributed by atoms with Crippen molar-refractivity contribution in [3.63, 3.8) is 0 Å². The van der Waals surface area contributed by atoms with E-state index in [1.807, 2.05) is 17.5 Å². The SMILES string of the molecule is CCC1CCc2c(C(=O)Nc3ccc(Cl)cc3)csc2C1. The van der Waals surface area contributed by atoms with E-state index in [9.17, 15) is 4.79 Å². The maximum absolute atomic E-state index is 12.4. The molecule has 0 spiro atoms. The summed E-state index contributed by atoms with van der Waals surface area (Å²) in [5.41, 5.74) is 2.89. The van der Waals surface area contributed by atoms with Crippen LogP contribution in [0.2, 0.25) is 5.02 Å². The fourth-order valence-electron chi connectivity index (χ4n) is 2.85. The summed E-state index contributed by atoms with van der Waals surface area (Å²) in [4.78, 5) is 13.8. The number of hydrogen-bond donors (Lipinski definition) is 1. The first-order chi connectivity index (χ1) is 10.2. The van der Waals surface area contributed by atoms with E-state index >= 15 is 0 Å². The molecule has 1 unspecified atom stereocenters. The van der Waals surface area contributed by atoms with Gasteiger partial charge >= 0.3 is 0 Å². The molecule has 0 fully saturated rings. The van der Waals surface area contributed by atoms with Gasteiger partial charge in [-0.15, -0.1) is 11.3 Å². The fraction of sp³-hybridized carbons (Fsp3) is 0.353. The molecule has 1 aliphatic carbocycles. The van der Waals surface area contributed by atoms with Gasteiger partial charge in [-0.25, -0.2) is 0 Å². The summed E-state index contributed by atoms with van der Waals surface area (Å²) < 4.78 is 0. The highest BCUT2D eigenvalue weighted by Crippen LogP contribution is 2.34. The zero-order chi connectivity index (χ0) is 14.8. The Balaban J connectivity index is 1.77. The highest BCUT2D eigenvalue weighted by Gasteiger charge is 2.24. The molecule has 1 aromatic carbocycles. The minimum absolute atomic E-state index is 0.00947. The maximum Gasteiger partial charge on any atom is 0.256 e. The van der Waals surface area contributed by atoms with Crippen LogP contribution in [0.4, 0.5) is 5.69 Å². The number of benzene rings is 1. The predicted octanol–water partition coefficient (Wildman–Crippen LogP) is 5.17. The summed E-state index contributed by atoms with van der Waals surface area (Å²) in [5.74, 6) is 0.771. The summed E-state index contributed by atoms with van der Waals surface area (Å²) in [6, 6.07) is 7.22. The van der Waals surface area contributed by atoms with Gasteiger partial charge in [-0.1, -0.05) is 24.9 Å². The van der Waals surface area contributed by atoms with Crippen LogP contribution in [0.5, 0.6) is 0 Å². The van der Waals surface area contributed by atoms with Crippen LogP contribution < -0.4 is 5.32 Å². The number of rotatable bonds is 3. The molecule has 21 heavy (non-hydrogen) atoms. The van der Waals surface area contributed by atoms with Crippen molar-refractivity contribution in [2.45, 2.75) is 32.6 Å². The number of amides is 1. The van der Waals surface area contributed by atoms with Gasteiger partial charge in [0, 0.05) is 21.0 Å². The number of hydrogen-bond acceptors (Lipinski definition) is 2. The quantitative estimate of drug-likeness (QED) is 0.831. The van der Waals surface area contributed by atoms with Gasteiger partial charge in [-0.3, -0.25) is 4.79 Å². The predicted molar refractivity (Wildman–Crippen MR) is 89.5 cm³/mol. The molecule has 1 aromatic heterocycles. The lowest BCUT2D eigenvalue weighted by molar-refractivity contribution is 0.102. The zero-order valence-electron chi connectivity index (χ0n) is 12.0. The van der Waals surface area contributed by atoms with E-state index in [2.05, 4.69) is 12.2 Å². The van der Waals surface area contributed by atoms with E-state index in [1.54, 1.807) is 23.5 Å². The van der Waals surface area contributed by atoms with Crippen molar-refractivity contribution in [3.8, 4) is 0 Å². The van der Waals surface area contributed by atoms with Gasteiger partial charge in [0.15, 0.2) is 0 Å². The van der Waals surface area contributed by atoms with Crippen molar-refractivity contribution < 1.29 is 4.79 Å². The molecular weight excluding hydrogens is 302 g/mol. The van der Waals surface area contributed by atoms with E-state index in [4.69, 9.17) is 11.6 Å². The number of nitrogens with one attached hydrogen (secondary N) is 1. The standard InChI is InChI=1S/C17H18ClNOS/c1-2-11-3-8-14-15(10-21-16(14)9-11)17(20)19-13-6-4-12(18)5-7-13/h4-7,10-11H,2-3,8-9H2,1H3,(H,19,20). The van der Waals surface area contributed by atoms with Crippen LogP contribution >= 0.6 is 22.9 Å². The molecule has 1 N–H and O–H groups in total. The second kappa shape index (κ2) is 6.20. The lowest BCUT2D eigenvalue weighted by Gasteiger charge is -2.21. The minimum Gasteiger partial charge on any atom is -0.322 e. The van der Waals surface area contributed by atoms with E-state index < -0.39 is 0 Å². The molecule has 1 heterocycles. The van der Waals surface area contributed by atoms with Crippen molar-refractivity contribution in [2.24, 2.45) is 5.92 Å². The molecule has 2 nitrogen and oxygen atoms in total. The van der Waals surface area contributed by atoms with Gasteiger partial charge in [-0.2, -0.15) is 0 Å². The van der Waals surface area contributed by atoms with Gasteiger partial charge in [0.1, 0.15) is 0 Å². The van der Waals surface area contributed by atoms with Crippen molar-refractivity contribution in [3.05, 3.63) is 50.7 Å². The molecule has 1 aliphatic rings. The van der Waals surface area contributed by atoms with Crippen molar-refractivity contribution in [2.75, 3.05) is 5.32 Å². The van der Waals surface area contributed by atoms with Crippen LogP contribution in [-0.4, -0.2) is 5.91 Å². The Morgan fingerprint density at radius 3 is 2.86 bits per heavy atom. The minimum atomic E-state index is -0.00947. The third-order valence-electron chi connectivity index (χ3n) is 4.18. The topological polar surface area (TPSA) is 29.1 Å². The number of anilines is 1. The summed E-state index contributed by atoms with van der Waals surface area (Å²) in [7, 11) is 0. The molecule has 0 bridgehead atoms. The second-order valence-corrected chi connectivity index (χ2v) is 6.93. The first-order valence-corrected chi connectivity index (χ1v) is 8.59. The Kier molecular flexibility index (Phi) is 4.32. The van der Waals surface area contributed by atoms with Crippen LogP contribution in [0.3, 0.4) is 0 Å². The average Bonchev–Trinajstić information content (AvgIpc) is 2.92. The first-order valence-electron chi connectivity index (χ1n) is 7.33. The highest BCUT2D eigenvalue weighted by molar-refractivity contribution is 7.10. The Morgan fingerprint density at radius 2 is 2.14 bits per heavy atom. The van der Waals surface area contributed by atoms with Gasteiger partial charge in [-0.05, 0) is 55.0 Å². The maximum atomic E-state index is 12.4. The van der Waals surface area contributed by atoms with E-state index in [1.165, 1.54) is 23.3 Å². The Labute approximate surface area is 134 Å². The summed E-state index contributed by atoms with van der Waals surface area (Å²) in [5, 5.41) is 5.64. The third kappa shape index (κ3) is 3.14. The average molecular weight is 320 g/mol. The van der Waals surface area contributed by atoms with Gasteiger partial charge in [0.25, 0.3) is 5.91 Å². The third-order valence-corrected chi connectivity index (χ3v) is 5.48. The number of carbonyl (C=O) groups excluding carboxylic acids is 1. The number of carbonyl (C=O) groups is 1. The van der Waals surface area contributed by atoms with Crippen LogP contribution in [0, 0.1) is 5.92 Å². The van der Waals surface area contributed by atoms with Crippen LogP contribution in [0.15, 0.2) is 29.6 Å². The molecule has 1 atom stereocenters. The van der Waals surface area contributed by atoms with E-state index in [-0.39, 0.29) is 5.91 Å². The Bertz CT molecular complexity index is 647. The molecule has 0 radical (unpaired) electrons. The molecule has 110 valence electrons. The monoisotopic (exact) mass is 319 g/mol. The largest absolute Gasteiger partial charge is 0.322 e. The molecule has 4 heteroatoms. The summed E-state index contributed by atoms with van der Waals surface area (Å²) in [6.45, 7) is 2.25. The van der Waals surface area contributed by atoms with E-state index in [0.717, 1.165) is 30.0 Å². The van der Waals surface area contributed by atoms with Gasteiger partial charge < -0.3 is 5.32 Å². The zero-order valence-corrected chi connectivity index (χ0v) is 13.6. The van der Waals surface area contributed by atoms with Crippen LogP contribution in [0.25, 0.3) is 0 Å². The van der Waals surface area contributed by atoms with E-state index in [0.29, 0.717) is 5.02 Å². The van der Waals surface area contributed by atoms with Crippen molar-refractivity contribution in [1.29, 1.82) is 0 Å². The number of fused-ring (bicyclic) bond motifs is 1. The van der Waals surface area contributed by atoms with Gasteiger partial charge in [0.2, 0.25) is 0 Å². The molecule has 0 aliphatic heterocycles. The molecule has 1 amide bonds. The normalized spacial score (nSPS) is 17.3. The van der Waals surface area contributed by atoms with Crippen molar-refractivity contribution in [1.82, 2.24) is 0 Å². The molecule has 0 saturated carbocycles. The highest BCUT2D eigenvalue weighted by atomic mass is 35.5. The molecule has 2 aromatic rings. The van der Waals surface area contributed by atoms with Crippen LogP contribution in [-0.2, 0) is 12.8 Å². The lowest BCUT2D eigenvalue weighted by Crippen LogP contribution is -2.17. The molecular formula is C17H18ClNOS.